The largest absolute Gasteiger partial charge is 0.378 e. The highest BCUT2D eigenvalue weighted by Gasteiger charge is 2.30. The van der Waals surface area contributed by atoms with E-state index in [1.54, 1.807) is 11.0 Å². The molecule has 0 aliphatic carbocycles. The summed E-state index contributed by atoms with van der Waals surface area (Å²) in [6.07, 6.45) is 0. The van der Waals surface area contributed by atoms with E-state index in [-0.39, 0.29) is 23.3 Å². The zero-order valence-corrected chi connectivity index (χ0v) is 12.9. The van der Waals surface area contributed by atoms with Gasteiger partial charge in [0.15, 0.2) is 0 Å². The molecule has 1 aromatic carbocycles. The molecule has 0 saturated carbocycles. The number of rotatable bonds is 2. The molecule has 2 rings (SSSR count). The molecule has 1 atom stereocenters. The van der Waals surface area contributed by atoms with Crippen LogP contribution in [0.15, 0.2) is 24.3 Å². The Morgan fingerprint density at radius 3 is 2.57 bits per heavy atom. The quantitative estimate of drug-likeness (QED) is 0.911. The van der Waals surface area contributed by atoms with Gasteiger partial charge in [-0.2, -0.15) is 0 Å². The second-order valence-corrected chi connectivity index (χ2v) is 6.40. The van der Waals surface area contributed by atoms with Crippen LogP contribution >= 0.6 is 0 Å². The maximum absolute atomic E-state index is 13.5. The number of nitrogens with one attached hydrogen (secondary N) is 1. The number of halogens is 1. The smallest absolute Gasteiger partial charge is 0.318 e. The first kappa shape index (κ1) is 15.8. The maximum Gasteiger partial charge on any atom is 0.318 e. The Labute approximate surface area is 125 Å². The minimum absolute atomic E-state index is 0.123. The molecule has 1 aliphatic heterocycles. The average molecular weight is 294 g/mol. The van der Waals surface area contributed by atoms with Gasteiger partial charge in [0.05, 0.1) is 19.3 Å². The summed E-state index contributed by atoms with van der Waals surface area (Å²) in [5.41, 5.74) is 0.569. The minimum Gasteiger partial charge on any atom is -0.378 e. The lowest BCUT2D eigenvalue weighted by Crippen LogP contribution is -2.49. The van der Waals surface area contributed by atoms with Crippen LogP contribution in [0.25, 0.3) is 0 Å². The van der Waals surface area contributed by atoms with Gasteiger partial charge in [0.25, 0.3) is 0 Å². The van der Waals surface area contributed by atoms with Crippen LogP contribution in [-0.4, -0.2) is 37.2 Å². The van der Waals surface area contributed by atoms with Crippen LogP contribution < -0.4 is 5.32 Å². The molecular weight excluding hydrogens is 271 g/mol. The van der Waals surface area contributed by atoms with E-state index in [1.165, 1.54) is 12.1 Å². The highest BCUT2D eigenvalue weighted by atomic mass is 19.1. The monoisotopic (exact) mass is 294 g/mol. The molecular formula is C16H23FN2O2. The maximum atomic E-state index is 13.5. The number of hydrogen-bond donors (Lipinski definition) is 1. The van der Waals surface area contributed by atoms with Gasteiger partial charge in [0.2, 0.25) is 0 Å². The summed E-state index contributed by atoms with van der Waals surface area (Å²) < 4.78 is 18.7. The molecule has 5 heteroatoms. The minimum atomic E-state index is -0.289. The zero-order valence-electron chi connectivity index (χ0n) is 12.9. The fourth-order valence-electron chi connectivity index (χ4n) is 2.47. The molecule has 21 heavy (non-hydrogen) atoms. The van der Waals surface area contributed by atoms with Crippen molar-refractivity contribution < 1.29 is 13.9 Å². The molecule has 1 aromatic rings. The molecule has 1 heterocycles. The summed E-state index contributed by atoms with van der Waals surface area (Å²) in [6, 6.07) is 6.04. The van der Waals surface area contributed by atoms with Crippen LogP contribution in [-0.2, 0) is 4.74 Å². The van der Waals surface area contributed by atoms with Crippen molar-refractivity contribution in [1.29, 1.82) is 0 Å². The Bertz CT molecular complexity index is 493. The predicted octanol–water partition coefficient (Wildman–Crippen LogP) is 2.95. The van der Waals surface area contributed by atoms with Crippen LogP contribution in [0, 0.1) is 11.2 Å². The lowest BCUT2D eigenvalue weighted by atomic mass is 9.82. The first-order chi connectivity index (χ1) is 9.88. The first-order valence-corrected chi connectivity index (χ1v) is 7.26. The Balaban J connectivity index is 2.15. The molecule has 1 unspecified atom stereocenters. The Morgan fingerprint density at radius 1 is 1.33 bits per heavy atom. The van der Waals surface area contributed by atoms with Crippen LogP contribution in [0.2, 0.25) is 0 Å². The van der Waals surface area contributed by atoms with Crippen LogP contribution in [0.3, 0.4) is 0 Å². The van der Waals surface area contributed by atoms with Gasteiger partial charge in [-0.25, -0.2) is 9.18 Å². The number of benzene rings is 1. The summed E-state index contributed by atoms with van der Waals surface area (Å²) in [5, 5.41) is 3.03. The average Bonchev–Trinajstić information content (AvgIpc) is 2.44. The summed E-state index contributed by atoms with van der Waals surface area (Å²) in [5.74, 6) is -0.289. The van der Waals surface area contributed by atoms with Crippen molar-refractivity contribution in [3.63, 3.8) is 0 Å². The van der Waals surface area contributed by atoms with E-state index in [0.717, 1.165) is 5.56 Å². The van der Waals surface area contributed by atoms with Gasteiger partial charge in [-0.1, -0.05) is 32.9 Å². The number of carbonyl (C=O) groups is 1. The molecule has 0 bridgehead atoms. The van der Waals surface area contributed by atoms with E-state index < -0.39 is 0 Å². The van der Waals surface area contributed by atoms with E-state index in [9.17, 15) is 9.18 Å². The molecule has 4 nitrogen and oxygen atoms in total. The van der Waals surface area contributed by atoms with Gasteiger partial charge in [-0.3, -0.25) is 0 Å². The number of nitrogens with zero attached hydrogens (tertiary/aromatic N) is 1. The van der Waals surface area contributed by atoms with Gasteiger partial charge >= 0.3 is 6.03 Å². The molecule has 1 aliphatic rings. The number of amides is 2. The third-order valence-electron chi connectivity index (χ3n) is 3.61. The third-order valence-corrected chi connectivity index (χ3v) is 3.61. The SMILES string of the molecule is CC(C)(C)C(NC(=O)N1CCOCC1)c1cccc(F)c1. The molecule has 1 N–H and O–H groups in total. The second kappa shape index (κ2) is 6.43. The van der Waals surface area contributed by atoms with E-state index >= 15 is 0 Å². The normalized spacial score (nSPS) is 17.4. The van der Waals surface area contributed by atoms with E-state index in [4.69, 9.17) is 4.74 Å². The van der Waals surface area contributed by atoms with Gasteiger partial charge in [0, 0.05) is 13.1 Å². The zero-order chi connectivity index (χ0) is 15.5. The molecule has 0 radical (unpaired) electrons. The van der Waals surface area contributed by atoms with Crippen molar-refractivity contribution in [2.75, 3.05) is 26.3 Å². The van der Waals surface area contributed by atoms with Crippen molar-refractivity contribution in [2.45, 2.75) is 26.8 Å². The van der Waals surface area contributed by atoms with Crippen LogP contribution in [0.4, 0.5) is 9.18 Å². The highest BCUT2D eigenvalue weighted by Crippen LogP contribution is 2.33. The van der Waals surface area contributed by atoms with E-state index in [2.05, 4.69) is 5.32 Å². The molecule has 1 fully saturated rings. The lowest BCUT2D eigenvalue weighted by molar-refractivity contribution is 0.0512. The van der Waals surface area contributed by atoms with Gasteiger partial charge in [-0.15, -0.1) is 0 Å². The van der Waals surface area contributed by atoms with Crippen molar-refractivity contribution in [3.05, 3.63) is 35.6 Å². The number of carbonyl (C=O) groups excluding carboxylic acids is 1. The fraction of sp³-hybridized carbons (Fsp3) is 0.562. The summed E-state index contributed by atoms with van der Waals surface area (Å²) >= 11 is 0. The fourth-order valence-corrected chi connectivity index (χ4v) is 2.47. The Kier molecular flexibility index (Phi) is 4.83. The van der Waals surface area contributed by atoms with E-state index in [0.29, 0.717) is 26.3 Å². The molecule has 1 saturated heterocycles. The van der Waals surface area contributed by atoms with Gasteiger partial charge in [-0.05, 0) is 23.1 Å². The Morgan fingerprint density at radius 2 is 2.00 bits per heavy atom. The number of ether oxygens (including phenoxy) is 1. The number of urea groups is 1. The third kappa shape index (κ3) is 4.17. The van der Waals surface area contributed by atoms with Crippen molar-refractivity contribution in [2.24, 2.45) is 5.41 Å². The summed E-state index contributed by atoms with van der Waals surface area (Å²) in [6.45, 7) is 8.39. The first-order valence-electron chi connectivity index (χ1n) is 7.26. The molecule has 0 spiro atoms. The van der Waals surface area contributed by atoms with Gasteiger partial charge < -0.3 is 15.0 Å². The summed E-state index contributed by atoms with van der Waals surface area (Å²) in [7, 11) is 0. The van der Waals surface area contributed by atoms with Crippen LogP contribution in [0.5, 0.6) is 0 Å². The van der Waals surface area contributed by atoms with Crippen LogP contribution in [0.1, 0.15) is 32.4 Å². The number of morpholine rings is 1. The topological polar surface area (TPSA) is 41.6 Å². The van der Waals surface area contributed by atoms with Crippen molar-refractivity contribution in [3.8, 4) is 0 Å². The molecule has 0 aromatic heterocycles. The lowest BCUT2D eigenvalue weighted by Gasteiger charge is -2.35. The van der Waals surface area contributed by atoms with E-state index in [1.807, 2.05) is 26.8 Å². The molecule has 116 valence electrons. The number of hydrogen-bond acceptors (Lipinski definition) is 2. The highest BCUT2D eigenvalue weighted by molar-refractivity contribution is 5.75. The van der Waals surface area contributed by atoms with Crippen molar-refractivity contribution >= 4 is 6.03 Å². The predicted molar refractivity (Wildman–Crippen MR) is 79.5 cm³/mol. The van der Waals surface area contributed by atoms with Gasteiger partial charge in [0.1, 0.15) is 5.82 Å². The summed E-state index contributed by atoms with van der Waals surface area (Å²) in [4.78, 5) is 14.1. The van der Waals surface area contributed by atoms with Crippen molar-refractivity contribution in [1.82, 2.24) is 10.2 Å². The standard InChI is InChI=1S/C16H23FN2O2/c1-16(2,3)14(12-5-4-6-13(17)11-12)18-15(20)19-7-9-21-10-8-19/h4-6,11,14H,7-10H2,1-3H3,(H,18,20). The second-order valence-electron chi connectivity index (χ2n) is 6.40. The molecule has 2 amide bonds. The Hall–Kier alpha value is -1.62.